The first kappa shape index (κ1) is 40.3. The Kier molecular flexibility index (Phi) is 10.0. The first-order valence-electron chi connectivity index (χ1n) is 18.6. The maximum absolute atomic E-state index is 13.1. The number of hydrogen-bond acceptors (Lipinski definition) is 8. The van der Waals surface area contributed by atoms with Crippen LogP contribution in [0.5, 0.6) is 0 Å². The van der Waals surface area contributed by atoms with Crippen molar-refractivity contribution in [2.24, 2.45) is 0 Å². The van der Waals surface area contributed by atoms with Crippen LogP contribution < -0.4 is 11.1 Å². The number of alkyl halides is 6. The molecule has 0 spiro atoms. The minimum Gasteiger partial charge on any atom is -0.311 e. The van der Waals surface area contributed by atoms with Crippen LogP contribution in [0.15, 0.2) is 58.1 Å². The molecule has 2 atom stereocenters. The summed E-state index contributed by atoms with van der Waals surface area (Å²) in [5.74, 6) is 0.956. The lowest BCUT2D eigenvalue weighted by Gasteiger charge is -2.36. The molecule has 0 bridgehead atoms. The Bertz CT molecular complexity index is 2480. The average Bonchev–Trinajstić information content (AvgIpc) is 3.77. The van der Waals surface area contributed by atoms with Crippen LogP contribution in [0.4, 0.5) is 26.3 Å². The molecule has 2 N–H and O–H groups in total. The second kappa shape index (κ2) is 14.5. The smallest absolute Gasteiger partial charge is 0.311 e. The van der Waals surface area contributed by atoms with Crippen molar-refractivity contribution in [2.75, 3.05) is 0 Å². The Balaban J connectivity index is 0.000000177. The summed E-state index contributed by atoms with van der Waals surface area (Å²) in [4.78, 5) is 37.6. The number of hydrogen-bond donors (Lipinski definition) is 2. The SMILES string of the molecule is Cc1nc(-c2nnn3c2CCC[C@@]3(C)c2ccc(C(F)(F)F)cc2C)cc(=O)[nH]1.Cc1nc(-c2nnn3c2CCC[C@]3(C)c2ccc(C(F)(F)F)cc2C)cc(=O)[nH]1. The summed E-state index contributed by atoms with van der Waals surface area (Å²) in [7, 11) is 0. The Hall–Kier alpha value is -5.94. The standard InChI is InChI=1S/2C20H20F3N5O/c2*1-11-9-13(20(21,22)23)6-7-14(11)19(3)8-4-5-16-18(26-27-28(16)19)15-10-17(29)25-12(2)24-15/h2*6-7,9-10H,4-5,8H2,1-3H3,(H,24,25,29)/t2*19-/m10/s1. The van der Waals surface area contributed by atoms with Crippen LogP contribution in [-0.2, 0) is 36.3 Å². The van der Waals surface area contributed by atoms with E-state index in [1.54, 1.807) is 37.1 Å². The third-order valence-corrected chi connectivity index (χ3v) is 11.1. The van der Waals surface area contributed by atoms with Gasteiger partial charge < -0.3 is 9.97 Å². The highest BCUT2D eigenvalue weighted by Gasteiger charge is 2.41. The van der Waals surface area contributed by atoms with Gasteiger partial charge in [-0.3, -0.25) is 9.59 Å². The number of H-pyrrole nitrogens is 2. The van der Waals surface area contributed by atoms with Crippen molar-refractivity contribution in [1.82, 2.24) is 49.9 Å². The summed E-state index contributed by atoms with van der Waals surface area (Å²) in [6.45, 7) is 10.7. The van der Waals surface area contributed by atoms with Crippen LogP contribution in [0, 0.1) is 27.7 Å². The lowest BCUT2D eigenvalue weighted by atomic mass is 9.81. The summed E-state index contributed by atoms with van der Waals surface area (Å²) >= 11 is 0. The van der Waals surface area contributed by atoms with E-state index in [0.717, 1.165) is 60.3 Å². The Labute approximate surface area is 327 Å². The van der Waals surface area contributed by atoms with Crippen LogP contribution in [0.25, 0.3) is 22.8 Å². The molecule has 58 heavy (non-hydrogen) atoms. The van der Waals surface area contributed by atoms with E-state index < -0.39 is 34.6 Å². The zero-order valence-electron chi connectivity index (χ0n) is 32.5. The van der Waals surface area contributed by atoms with E-state index >= 15 is 0 Å². The van der Waals surface area contributed by atoms with Crippen molar-refractivity contribution < 1.29 is 26.3 Å². The predicted molar refractivity (Wildman–Crippen MR) is 201 cm³/mol. The number of fused-ring (bicyclic) bond motifs is 2. The highest BCUT2D eigenvalue weighted by atomic mass is 19.4. The highest BCUT2D eigenvalue weighted by Crippen LogP contribution is 2.43. The number of aryl methyl sites for hydroxylation is 4. The van der Waals surface area contributed by atoms with Crippen LogP contribution in [0.2, 0.25) is 0 Å². The van der Waals surface area contributed by atoms with Gasteiger partial charge in [-0.2, -0.15) is 26.3 Å². The van der Waals surface area contributed by atoms with E-state index in [9.17, 15) is 35.9 Å². The van der Waals surface area contributed by atoms with Gasteiger partial charge in [-0.05, 0) is 127 Å². The quantitative estimate of drug-likeness (QED) is 0.174. The van der Waals surface area contributed by atoms with Gasteiger partial charge >= 0.3 is 12.4 Å². The molecular formula is C40H40F6N10O2. The van der Waals surface area contributed by atoms with Crippen LogP contribution in [-0.4, -0.2) is 49.9 Å². The fourth-order valence-electron chi connectivity index (χ4n) is 8.44. The molecule has 0 amide bonds. The van der Waals surface area contributed by atoms with Crippen molar-refractivity contribution in [1.29, 1.82) is 0 Å². The molecule has 0 fully saturated rings. The van der Waals surface area contributed by atoms with Gasteiger partial charge in [0, 0.05) is 12.1 Å². The van der Waals surface area contributed by atoms with E-state index in [-0.39, 0.29) is 11.1 Å². The summed E-state index contributed by atoms with van der Waals surface area (Å²) in [5.41, 5.74) is 3.13. The topological polar surface area (TPSA) is 153 Å². The zero-order chi connectivity index (χ0) is 41.9. The predicted octanol–water partition coefficient (Wildman–Crippen LogP) is 7.53. The minimum atomic E-state index is -4.38. The molecule has 0 radical (unpaired) electrons. The van der Waals surface area contributed by atoms with Gasteiger partial charge in [0.2, 0.25) is 0 Å². The molecule has 6 aromatic rings. The lowest BCUT2D eigenvalue weighted by Crippen LogP contribution is -2.38. The molecular weight excluding hydrogens is 766 g/mol. The normalized spacial score (nSPS) is 19.2. The Morgan fingerprint density at radius 3 is 1.31 bits per heavy atom. The molecule has 2 aromatic carbocycles. The van der Waals surface area contributed by atoms with E-state index in [1.807, 2.05) is 13.8 Å². The molecule has 8 rings (SSSR count). The molecule has 0 saturated carbocycles. The number of aromatic amines is 2. The molecule has 6 heterocycles. The average molecular weight is 807 g/mol. The van der Waals surface area contributed by atoms with Crippen LogP contribution in [0.1, 0.15) is 95.9 Å². The number of benzene rings is 2. The third kappa shape index (κ3) is 7.35. The summed E-state index contributed by atoms with van der Waals surface area (Å²) < 4.78 is 82.0. The Morgan fingerprint density at radius 1 is 0.603 bits per heavy atom. The Morgan fingerprint density at radius 2 is 0.983 bits per heavy atom. The van der Waals surface area contributed by atoms with Gasteiger partial charge in [-0.25, -0.2) is 19.3 Å². The third-order valence-electron chi connectivity index (χ3n) is 11.1. The largest absolute Gasteiger partial charge is 0.416 e. The molecule has 0 aliphatic carbocycles. The van der Waals surface area contributed by atoms with E-state index in [0.29, 0.717) is 58.4 Å². The zero-order valence-corrected chi connectivity index (χ0v) is 32.5. The molecule has 4 aromatic heterocycles. The lowest BCUT2D eigenvalue weighted by molar-refractivity contribution is -0.138. The molecule has 18 heteroatoms. The fraction of sp³-hybridized carbons (Fsp3) is 0.400. The maximum atomic E-state index is 13.1. The van der Waals surface area contributed by atoms with Gasteiger partial charge in [-0.15, -0.1) is 10.2 Å². The molecule has 0 unspecified atom stereocenters. The van der Waals surface area contributed by atoms with Crippen molar-refractivity contribution in [3.63, 3.8) is 0 Å². The minimum absolute atomic E-state index is 0.272. The molecule has 2 aliphatic rings. The maximum Gasteiger partial charge on any atom is 0.416 e. The van der Waals surface area contributed by atoms with Gasteiger partial charge in [-0.1, -0.05) is 22.6 Å². The van der Waals surface area contributed by atoms with Crippen molar-refractivity contribution >= 4 is 0 Å². The van der Waals surface area contributed by atoms with Crippen molar-refractivity contribution in [3.8, 4) is 22.8 Å². The molecule has 2 aliphatic heterocycles. The number of rotatable bonds is 4. The van der Waals surface area contributed by atoms with Crippen LogP contribution in [0.3, 0.4) is 0 Å². The monoisotopic (exact) mass is 806 g/mol. The molecule has 12 nitrogen and oxygen atoms in total. The van der Waals surface area contributed by atoms with Gasteiger partial charge in [0.25, 0.3) is 11.1 Å². The van der Waals surface area contributed by atoms with Gasteiger partial charge in [0.05, 0.1) is 33.6 Å². The first-order chi connectivity index (χ1) is 27.2. The van der Waals surface area contributed by atoms with Gasteiger partial charge in [0.1, 0.15) is 34.4 Å². The highest BCUT2D eigenvalue weighted by molar-refractivity contribution is 5.58. The van der Waals surface area contributed by atoms with Crippen molar-refractivity contribution in [3.05, 3.63) is 126 Å². The summed E-state index contributed by atoms with van der Waals surface area (Å²) in [6, 6.07) is 10.4. The number of nitrogens with one attached hydrogen (secondary N) is 2. The molecule has 304 valence electrons. The van der Waals surface area contributed by atoms with Crippen molar-refractivity contribution in [2.45, 2.75) is 103 Å². The van der Waals surface area contributed by atoms with E-state index in [1.165, 1.54) is 36.4 Å². The van der Waals surface area contributed by atoms with E-state index in [2.05, 4.69) is 40.6 Å². The number of halogens is 6. The number of nitrogens with zero attached hydrogens (tertiary/aromatic N) is 8. The summed E-state index contributed by atoms with van der Waals surface area (Å²) in [6.07, 6.45) is -4.29. The number of aromatic nitrogens is 10. The molecule has 0 saturated heterocycles. The van der Waals surface area contributed by atoms with Crippen LogP contribution >= 0.6 is 0 Å². The first-order valence-corrected chi connectivity index (χ1v) is 18.6. The summed E-state index contributed by atoms with van der Waals surface area (Å²) in [5, 5.41) is 17.2. The second-order valence-corrected chi connectivity index (χ2v) is 15.3. The fourth-order valence-corrected chi connectivity index (χ4v) is 8.44. The second-order valence-electron chi connectivity index (χ2n) is 15.3. The van der Waals surface area contributed by atoms with E-state index in [4.69, 9.17) is 0 Å². The van der Waals surface area contributed by atoms with Gasteiger partial charge in [0.15, 0.2) is 0 Å².